The molecular formula is C36H34ClN7O5. The summed E-state index contributed by atoms with van der Waals surface area (Å²) in [6.45, 7) is 6.02. The predicted octanol–water partition coefficient (Wildman–Crippen LogP) is 3.63. The fraction of sp³-hybridized carbons (Fsp3) is 0.333. The number of aromatic amines is 1. The molecule has 2 N–H and O–H groups in total. The number of piperazine rings is 1. The molecule has 1 unspecified atom stereocenters. The van der Waals surface area contributed by atoms with E-state index < -0.39 is 29.7 Å². The molecular weight excluding hydrogens is 646 g/mol. The lowest BCUT2D eigenvalue weighted by Gasteiger charge is -2.44. The fourth-order valence-electron chi connectivity index (χ4n) is 7.51. The number of nitrogens with one attached hydrogen (secondary N) is 2. The highest BCUT2D eigenvalue weighted by atomic mass is 35.5. The lowest BCUT2D eigenvalue weighted by atomic mass is 9.97. The third-order valence-corrected chi connectivity index (χ3v) is 10.5. The molecule has 2 aromatic heterocycles. The van der Waals surface area contributed by atoms with Crippen LogP contribution in [0.2, 0.25) is 5.02 Å². The van der Waals surface area contributed by atoms with E-state index in [0.717, 1.165) is 76.6 Å². The van der Waals surface area contributed by atoms with Gasteiger partial charge in [0.1, 0.15) is 11.7 Å². The van der Waals surface area contributed by atoms with E-state index in [2.05, 4.69) is 32.0 Å². The van der Waals surface area contributed by atoms with Crippen molar-refractivity contribution >= 4 is 63.5 Å². The Morgan fingerprint density at radius 2 is 1.76 bits per heavy atom. The Balaban J connectivity index is 0.882. The van der Waals surface area contributed by atoms with Gasteiger partial charge >= 0.3 is 0 Å². The smallest absolute Gasteiger partial charge is 0.262 e. The number of piperidine rings is 1. The summed E-state index contributed by atoms with van der Waals surface area (Å²) in [4.78, 5) is 78.5. The third-order valence-electron chi connectivity index (χ3n) is 10.1. The summed E-state index contributed by atoms with van der Waals surface area (Å²) in [6, 6.07) is 12.1. The molecule has 3 fully saturated rings. The first-order chi connectivity index (χ1) is 23.7. The van der Waals surface area contributed by atoms with E-state index in [0.29, 0.717) is 24.0 Å². The van der Waals surface area contributed by atoms with Crippen molar-refractivity contribution in [2.45, 2.75) is 32.2 Å². The Hall–Kier alpha value is -5.07. The van der Waals surface area contributed by atoms with Gasteiger partial charge in [-0.15, -0.1) is 0 Å². The molecule has 250 valence electrons. The highest BCUT2D eigenvalue weighted by Crippen LogP contribution is 2.37. The topological polar surface area (TPSA) is 139 Å². The molecule has 0 saturated carbocycles. The maximum absolute atomic E-state index is 13.4. The van der Waals surface area contributed by atoms with E-state index >= 15 is 0 Å². The number of benzene rings is 2. The van der Waals surface area contributed by atoms with Gasteiger partial charge in [0.15, 0.2) is 0 Å². The number of H-pyrrole nitrogens is 1. The second-order valence-electron chi connectivity index (χ2n) is 13.2. The summed E-state index contributed by atoms with van der Waals surface area (Å²) in [7, 11) is 0. The van der Waals surface area contributed by atoms with Crippen molar-refractivity contribution in [3.63, 3.8) is 0 Å². The lowest BCUT2D eigenvalue weighted by molar-refractivity contribution is -0.136. The second-order valence-corrected chi connectivity index (χ2v) is 13.5. The number of anilines is 2. The minimum atomic E-state index is -0.987. The van der Waals surface area contributed by atoms with Crippen LogP contribution in [0.4, 0.5) is 11.4 Å². The summed E-state index contributed by atoms with van der Waals surface area (Å²) < 4.78 is 0. The molecule has 0 spiro atoms. The number of fused-ring (bicyclic) bond motifs is 2. The van der Waals surface area contributed by atoms with Crippen LogP contribution in [0.15, 0.2) is 54.9 Å². The number of pyridine rings is 1. The molecule has 0 bridgehead atoms. The molecule has 0 radical (unpaired) electrons. The Kier molecular flexibility index (Phi) is 7.72. The monoisotopic (exact) mass is 679 g/mol. The maximum Gasteiger partial charge on any atom is 0.262 e. The Morgan fingerprint density at radius 3 is 2.53 bits per heavy atom. The zero-order valence-electron chi connectivity index (χ0n) is 26.9. The predicted molar refractivity (Wildman–Crippen MR) is 184 cm³/mol. The van der Waals surface area contributed by atoms with E-state index in [-0.39, 0.29) is 29.9 Å². The van der Waals surface area contributed by atoms with E-state index in [1.54, 1.807) is 18.3 Å². The highest BCUT2D eigenvalue weighted by molar-refractivity contribution is 6.38. The molecule has 0 aliphatic carbocycles. The van der Waals surface area contributed by atoms with Crippen molar-refractivity contribution in [3.8, 4) is 11.1 Å². The number of amides is 5. The van der Waals surface area contributed by atoms with E-state index in [4.69, 9.17) is 11.6 Å². The van der Waals surface area contributed by atoms with Gasteiger partial charge in [-0.25, -0.2) is 4.98 Å². The molecule has 6 heterocycles. The standard InChI is InChI=1S/C36H34ClN7O5/c1-2-21-14-38-33-31(21)32(37)27(15-39-33)22-4-3-5-24(12-22)43-11-10-41(19-30(43)46)16-20-17-42(18-20)23-6-7-25-26(13-23)36(49)44(35(25)48)28-8-9-29(45)40-34(28)47/h3-7,12-15,20,28H,2,8-11,16-19H2,1H3,(H,38,39)(H,40,45,47). The number of carbonyl (C=O) groups is 5. The molecule has 3 saturated heterocycles. The highest BCUT2D eigenvalue weighted by Gasteiger charge is 2.45. The summed E-state index contributed by atoms with van der Waals surface area (Å²) >= 11 is 6.88. The van der Waals surface area contributed by atoms with Crippen LogP contribution in [0.3, 0.4) is 0 Å². The maximum atomic E-state index is 13.4. The van der Waals surface area contributed by atoms with Gasteiger partial charge in [-0.3, -0.25) is 39.1 Å². The van der Waals surface area contributed by atoms with Gasteiger partial charge in [0.2, 0.25) is 17.7 Å². The molecule has 1 atom stereocenters. The fourth-order valence-corrected chi connectivity index (χ4v) is 7.88. The number of aryl methyl sites for hydroxylation is 1. The van der Waals surface area contributed by atoms with Crippen molar-refractivity contribution in [3.05, 3.63) is 76.6 Å². The SMILES string of the molecule is CCc1c[nH]c2ncc(-c3cccc(N4CCN(CC5CN(c6ccc7c(c6)C(=O)N(C6CCC(=O)NC6=O)C7=O)C5)CC4=O)c3)c(Cl)c12. The van der Waals surface area contributed by atoms with Gasteiger partial charge in [0, 0.05) is 79.8 Å². The molecule has 5 amide bonds. The van der Waals surface area contributed by atoms with Gasteiger partial charge < -0.3 is 14.8 Å². The molecule has 8 rings (SSSR count). The van der Waals surface area contributed by atoms with E-state index in [1.165, 1.54) is 0 Å². The number of hydrogen-bond acceptors (Lipinski definition) is 8. The van der Waals surface area contributed by atoms with Crippen LogP contribution < -0.4 is 15.1 Å². The van der Waals surface area contributed by atoms with Crippen LogP contribution in [-0.2, 0) is 20.8 Å². The van der Waals surface area contributed by atoms with Crippen LogP contribution in [0.25, 0.3) is 22.2 Å². The first-order valence-corrected chi connectivity index (χ1v) is 17.0. The second kappa shape index (κ2) is 12.1. The molecule has 12 nitrogen and oxygen atoms in total. The molecule has 49 heavy (non-hydrogen) atoms. The number of rotatable bonds is 7. The third kappa shape index (κ3) is 5.35. The van der Waals surface area contributed by atoms with Gasteiger partial charge in [0.05, 0.1) is 22.7 Å². The van der Waals surface area contributed by atoms with Crippen molar-refractivity contribution in [2.24, 2.45) is 5.92 Å². The van der Waals surface area contributed by atoms with E-state index in [1.807, 2.05) is 41.4 Å². The number of halogens is 1. The number of carbonyl (C=O) groups excluding carboxylic acids is 5. The van der Waals surface area contributed by atoms with Crippen LogP contribution in [0.5, 0.6) is 0 Å². The molecule has 13 heteroatoms. The first kappa shape index (κ1) is 31.2. The van der Waals surface area contributed by atoms with Crippen molar-refractivity contribution < 1.29 is 24.0 Å². The van der Waals surface area contributed by atoms with Crippen molar-refractivity contribution in [1.82, 2.24) is 25.1 Å². The largest absolute Gasteiger partial charge is 0.371 e. The summed E-state index contributed by atoms with van der Waals surface area (Å²) in [5.74, 6) is -1.66. The zero-order valence-corrected chi connectivity index (χ0v) is 27.6. The minimum absolute atomic E-state index is 0.0422. The average molecular weight is 680 g/mol. The summed E-state index contributed by atoms with van der Waals surface area (Å²) in [6.07, 6.45) is 4.76. The average Bonchev–Trinajstić information content (AvgIpc) is 3.61. The van der Waals surface area contributed by atoms with Gasteiger partial charge in [-0.2, -0.15) is 0 Å². The molecule has 4 aliphatic heterocycles. The molecule has 2 aromatic carbocycles. The van der Waals surface area contributed by atoms with E-state index in [9.17, 15) is 24.0 Å². The molecule has 4 aromatic rings. The van der Waals surface area contributed by atoms with Crippen molar-refractivity contribution in [1.29, 1.82) is 0 Å². The lowest BCUT2D eigenvalue weighted by Crippen LogP contribution is -2.56. The quantitative estimate of drug-likeness (QED) is 0.283. The Morgan fingerprint density at radius 1 is 0.939 bits per heavy atom. The van der Waals surface area contributed by atoms with Gasteiger partial charge in [-0.05, 0) is 54.3 Å². The normalized spacial score (nSPS) is 20.3. The summed E-state index contributed by atoms with van der Waals surface area (Å²) in [5.41, 5.74) is 5.82. The Labute approximate surface area is 287 Å². The molecule has 4 aliphatic rings. The number of nitrogens with zero attached hydrogens (tertiary/aromatic N) is 5. The van der Waals surface area contributed by atoms with Gasteiger partial charge in [-0.1, -0.05) is 30.7 Å². The number of hydrogen-bond donors (Lipinski definition) is 2. The number of imide groups is 2. The Bertz CT molecular complexity index is 2070. The first-order valence-electron chi connectivity index (χ1n) is 16.6. The van der Waals surface area contributed by atoms with Crippen LogP contribution >= 0.6 is 11.6 Å². The minimum Gasteiger partial charge on any atom is -0.371 e. The van der Waals surface area contributed by atoms with Gasteiger partial charge in [0.25, 0.3) is 11.8 Å². The number of aromatic nitrogens is 2. The van der Waals surface area contributed by atoms with Crippen LogP contribution in [0, 0.1) is 5.92 Å². The van der Waals surface area contributed by atoms with Crippen molar-refractivity contribution in [2.75, 3.05) is 49.1 Å². The van der Waals surface area contributed by atoms with Crippen LogP contribution in [0.1, 0.15) is 46.0 Å². The van der Waals surface area contributed by atoms with Crippen LogP contribution in [-0.4, -0.2) is 94.6 Å². The summed E-state index contributed by atoms with van der Waals surface area (Å²) in [5, 5.41) is 3.81. The zero-order chi connectivity index (χ0) is 34.0.